The first-order valence-corrected chi connectivity index (χ1v) is 8.67. The molecule has 26 heavy (non-hydrogen) atoms. The quantitative estimate of drug-likeness (QED) is 0.762. The minimum atomic E-state index is -0.733. The molecular weight excluding hydrogens is 409 g/mol. The van der Waals surface area contributed by atoms with Crippen LogP contribution in [0.1, 0.15) is 29.8 Å². The zero-order chi connectivity index (χ0) is 19.4. The highest BCUT2D eigenvalue weighted by Gasteiger charge is 2.23. The highest BCUT2D eigenvalue weighted by molar-refractivity contribution is 9.10. The zero-order valence-electron chi connectivity index (χ0n) is 14.8. The zero-order valence-corrected chi connectivity index (χ0v) is 16.4. The van der Waals surface area contributed by atoms with E-state index in [0.29, 0.717) is 23.2 Å². The van der Waals surface area contributed by atoms with E-state index >= 15 is 0 Å². The van der Waals surface area contributed by atoms with Gasteiger partial charge in [0.25, 0.3) is 5.91 Å². The Labute approximate surface area is 158 Å². The number of aromatic nitrogens is 4. The smallest absolute Gasteiger partial charge is 0.321 e. The van der Waals surface area contributed by atoms with Crippen LogP contribution in [0.25, 0.3) is 0 Å². The SMILES string of the molecule is CCN(CC)C(=O)Nc1c(Br)cc(F)c(C(=O)Nc2nnnn2C)c1C. The van der Waals surface area contributed by atoms with Crippen molar-refractivity contribution < 1.29 is 14.0 Å². The Kier molecular flexibility index (Phi) is 6.24. The molecule has 1 aromatic heterocycles. The highest BCUT2D eigenvalue weighted by atomic mass is 79.9. The number of halogens is 2. The number of tetrazole rings is 1. The van der Waals surface area contributed by atoms with E-state index in [1.807, 2.05) is 13.8 Å². The van der Waals surface area contributed by atoms with E-state index in [0.717, 1.165) is 6.07 Å². The highest BCUT2D eigenvalue weighted by Crippen LogP contribution is 2.31. The number of rotatable bonds is 5. The Balaban J connectivity index is 2.37. The topological polar surface area (TPSA) is 105 Å². The lowest BCUT2D eigenvalue weighted by molar-refractivity contribution is 0.102. The van der Waals surface area contributed by atoms with Crippen LogP contribution in [0.15, 0.2) is 10.5 Å². The number of carbonyl (C=O) groups is 2. The van der Waals surface area contributed by atoms with E-state index in [1.165, 1.54) is 11.7 Å². The van der Waals surface area contributed by atoms with Crippen LogP contribution in [0, 0.1) is 12.7 Å². The van der Waals surface area contributed by atoms with Crippen molar-refractivity contribution in [1.29, 1.82) is 0 Å². The van der Waals surface area contributed by atoms with Crippen LogP contribution in [0.2, 0.25) is 0 Å². The second-order valence-corrected chi connectivity index (χ2v) is 6.25. The fourth-order valence-corrected chi connectivity index (χ4v) is 2.96. The van der Waals surface area contributed by atoms with Crippen molar-refractivity contribution >= 4 is 39.5 Å². The summed E-state index contributed by atoms with van der Waals surface area (Å²) in [6.45, 7) is 6.29. The maximum Gasteiger partial charge on any atom is 0.321 e. The van der Waals surface area contributed by atoms with Crippen molar-refractivity contribution in [2.24, 2.45) is 7.05 Å². The average Bonchev–Trinajstić information content (AvgIpc) is 2.97. The Morgan fingerprint density at radius 2 is 1.96 bits per heavy atom. The molecule has 0 aliphatic rings. The van der Waals surface area contributed by atoms with Crippen molar-refractivity contribution in [3.8, 4) is 0 Å². The van der Waals surface area contributed by atoms with Crippen LogP contribution in [-0.2, 0) is 7.05 Å². The number of nitrogens with zero attached hydrogens (tertiary/aromatic N) is 5. The maximum absolute atomic E-state index is 14.4. The van der Waals surface area contributed by atoms with Gasteiger partial charge < -0.3 is 10.2 Å². The van der Waals surface area contributed by atoms with Gasteiger partial charge in [-0.3, -0.25) is 10.1 Å². The molecule has 140 valence electrons. The first-order chi connectivity index (χ1) is 12.3. The molecule has 0 spiro atoms. The molecule has 0 saturated heterocycles. The largest absolute Gasteiger partial charge is 0.325 e. The fourth-order valence-electron chi connectivity index (χ4n) is 2.37. The van der Waals surface area contributed by atoms with Crippen LogP contribution in [0.5, 0.6) is 0 Å². The normalized spacial score (nSPS) is 10.5. The van der Waals surface area contributed by atoms with E-state index in [2.05, 4.69) is 42.1 Å². The number of nitrogens with one attached hydrogen (secondary N) is 2. The first kappa shape index (κ1) is 19.8. The summed E-state index contributed by atoms with van der Waals surface area (Å²) in [7, 11) is 1.54. The third-order valence-corrected chi connectivity index (χ3v) is 4.46. The van der Waals surface area contributed by atoms with Gasteiger partial charge in [0.2, 0.25) is 5.95 Å². The van der Waals surface area contributed by atoms with Crippen molar-refractivity contribution in [3.05, 3.63) is 27.5 Å². The molecule has 0 fully saturated rings. The van der Waals surface area contributed by atoms with Gasteiger partial charge in [0, 0.05) is 24.6 Å². The molecule has 1 heterocycles. The number of carbonyl (C=O) groups excluding carboxylic acids is 2. The lowest BCUT2D eigenvalue weighted by Gasteiger charge is -2.21. The molecule has 0 saturated carbocycles. The van der Waals surface area contributed by atoms with Gasteiger partial charge in [0.05, 0.1) is 11.3 Å². The van der Waals surface area contributed by atoms with Crippen LogP contribution in [-0.4, -0.2) is 50.1 Å². The van der Waals surface area contributed by atoms with Crippen molar-refractivity contribution in [3.63, 3.8) is 0 Å². The van der Waals surface area contributed by atoms with E-state index in [1.54, 1.807) is 11.8 Å². The summed E-state index contributed by atoms with van der Waals surface area (Å²) in [5.41, 5.74) is 0.403. The minimum absolute atomic E-state index is 0.0745. The Morgan fingerprint density at radius 3 is 2.50 bits per heavy atom. The molecule has 2 aromatic rings. The van der Waals surface area contributed by atoms with Crippen LogP contribution in [0.4, 0.5) is 20.8 Å². The Hall–Kier alpha value is -2.56. The van der Waals surface area contributed by atoms with Gasteiger partial charge in [0.15, 0.2) is 0 Å². The van der Waals surface area contributed by atoms with E-state index < -0.39 is 11.7 Å². The second kappa shape index (κ2) is 8.21. The Bertz CT molecular complexity index is 836. The Morgan fingerprint density at radius 1 is 1.31 bits per heavy atom. The molecule has 0 atom stereocenters. The molecular formula is C15H19BrFN7O2. The second-order valence-electron chi connectivity index (χ2n) is 5.40. The number of hydrogen-bond acceptors (Lipinski definition) is 5. The molecule has 0 bridgehead atoms. The van der Waals surface area contributed by atoms with Gasteiger partial charge in [-0.05, 0) is 58.8 Å². The molecule has 0 radical (unpaired) electrons. The molecule has 2 N–H and O–H groups in total. The van der Waals surface area contributed by atoms with Crippen molar-refractivity contribution in [2.45, 2.75) is 20.8 Å². The predicted octanol–water partition coefficient (Wildman–Crippen LogP) is 2.55. The molecule has 9 nitrogen and oxygen atoms in total. The molecule has 2 rings (SSSR count). The number of amides is 3. The predicted molar refractivity (Wildman–Crippen MR) is 97.5 cm³/mol. The third kappa shape index (κ3) is 3.98. The number of hydrogen-bond donors (Lipinski definition) is 2. The van der Waals surface area contributed by atoms with Crippen LogP contribution >= 0.6 is 15.9 Å². The summed E-state index contributed by atoms with van der Waals surface area (Å²) in [4.78, 5) is 26.4. The number of anilines is 2. The van der Waals surface area contributed by atoms with Gasteiger partial charge in [-0.25, -0.2) is 13.9 Å². The molecule has 1 aromatic carbocycles. The molecule has 0 aliphatic carbocycles. The lowest BCUT2D eigenvalue weighted by Crippen LogP contribution is -2.35. The van der Waals surface area contributed by atoms with E-state index in [9.17, 15) is 14.0 Å². The standard InChI is InChI=1S/C15H19BrFN7O2/c1-5-24(6-2)15(26)18-12-8(3)11(10(17)7-9(12)16)13(25)19-14-20-21-22-23(14)4/h7H,5-6H2,1-4H3,(H,18,26)(H,19,20,22,25). The molecule has 11 heteroatoms. The summed E-state index contributed by atoms with van der Waals surface area (Å²) >= 11 is 3.23. The number of urea groups is 1. The van der Waals surface area contributed by atoms with E-state index in [-0.39, 0.29) is 23.1 Å². The first-order valence-electron chi connectivity index (χ1n) is 7.88. The minimum Gasteiger partial charge on any atom is -0.325 e. The van der Waals surface area contributed by atoms with Crippen LogP contribution < -0.4 is 10.6 Å². The third-order valence-electron chi connectivity index (χ3n) is 3.84. The summed E-state index contributed by atoms with van der Waals surface area (Å²) in [5.74, 6) is -1.38. The monoisotopic (exact) mass is 427 g/mol. The van der Waals surface area contributed by atoms with Crippen LogP contribution in [0.3, 0.4) is 0 Å². The summed E-state index contributed by atoms with van der Waals surface area (Å²) < 4.78 is 16.0. The van der Waals surface area contributed by atoms with Gasteiger partial charge in [0.1, 0.15) is 5.82 Å². The average molecular weight is 428 g/mol. The summed E-state index contributed by atoms with van der Waals surface area (Å²) in [5, 5.41) is 15.8. The van der Waals surface area contributed by atoms with Gasteiger partial charge >= 0.3 is 6.03 Å². The van der Waals surface area contributed by atoms with Gasteiger partial charge in [-0.2, -0.15) is 0 Å². The summed E-state index contributed by atoms with van der Waals surface area (Å²) in [6.07, 6.45) is 0. The number of benzene rings is 1. The van der Waals surface area contributed by atoms with Crippen molar-refractivity contribution in [2.75, 3.05) is 23.7 Å². The fraction of sp³-hybridized carbons (Fsp3) is 0.400. The van der Waals surface area contributed by atoms with Crippen molar-refractivity contribution in [1.82, 2.24) is 25.1 Å². The molecule has 3 amide bonds. The van der Waals surface area contributed by atoms with Gasteiger partial charge in [-0.15, -0.1) is 0 Å². The maximum atomic E-state index is 14.4. The van der Waals surface area contributed by atoms with Gasteiger partial charge in [-0.1, -0.05) is 5.10 Å². The summed E-state index contributed by atoms with van der Waals surface area (Å²) in [6, 6.07) is 0.795. The van der Waals surface area contributed by atoms with E-state index in [4.69, 9.17) is 0 Å². The molecule has 0 aliphatic heterocycles. The lowest BCUT2D eigenvalue weighted by atomic mass is 10.1. The number of aryl methyl sites for hydroxylation is 1. The molecule has 0 unspecified atom stereocenters.